The summed E-state index contributed by atoms with van der Waals surface area (Å²) in [5.74, 6) is 0.408. The number of thiophene rings is 1. The molecule has 8 heteroatoms. The van der Waals surface area contributed by atoms with Crippen molar-refractivity contribution in [1.82, 2.24) is 24.3 Å². The molecule has 0 bridgehead atoms. The molecule has 0 aliphatic carbocycles. The molecule has 0 radical (unpaired) electrons. The first-order valence-corrected chi connectivity index (χ1v) is 6.32. The molecule has 0 saturated heterocycles. The normalized spacial score (nSPS) is 11.1. The fourth-order valence-corrected chi connectivity index (χ4v) is 2.41. The second kappa shape index (κ2) is 4.09. The molecule has 3 aromatic heterocycles. The largest absolute Gasteiger partial charge is 0.332 e. The maximum absolute atomic E-state index is 11.9. The van der Waals surface area contributed by atoms with Gasteiger partial charge in [0.1, 0.15) is 0 Å². The zero-order valence-corrected chi connectivity index (χ0v) is 11.0. The molecule has 0 unspecified atom stereocenters. The average Bonchev–Trinajstić information content (AvgIpc) is 2.96. The standard InChI is InChI=1S/C11H9N5O2S/c1-15-9-7(10(17)16(2)11(15)18)13-14-8(12-9)6-4-3-5-19-6/h3-5H,1-2H3. The minimum atomic E-state index is -0.490. The Morgan fingerprint density at radius 1 is 1.16 bits per heavy atom. The molecule has 3 heterocycles. The van der Waals surface area contributed by atoms with E-state index in [0.717, 1.165) is 9.44 Å². The fraction of sp³-hybridized carbons (Fsp3) is 0.182. The molecule has 7 nitrogen and oxygen atoms in total. The summed E-state index contributed by atoms with van der Waals surface area (Å²) in [5, 5.41) is 9.74. The van der Waals surface area contributed by atoms with Crippen molar-refractivity contribution in [2.24, 2.45) is 14.1 Å². The maximum Gasteiger partial charge on any atom is 0.332 e. The molecule has 0 fully saturated rings. The van der Waals surface area contributed by atoms with Gasteiger partial charge in [0.2, 0.25) is 0 Å². The Hall–Kier alpha value is -2.35. The molecule has 3 rings (SSSR count). The Morgan fingerprint density at radius 2 is 1.95 bits per heavy atom. The van der Waals surface area contributed by atoms with E-state index in [0.29, 0.717) is 5.82 Å². The molecule has 0 amide bonds. The van der Waals surface area contributed by atoms with Crippen molar-refractivity contribution in [3.63, 3.8) is 0 Å². The number of aryl methyl sites for hydroxylation is 1. The third-order valence-electron chi connectivity index (χ3n) is 2.81. The smallest absolute Gasteiger partial charge is 0.279 e. The van der Waals surface area contributed by atoms with Crippen LogP contribution in [0.3, 0.4) is 0 Å². The predicted octanol–water partition coefficient (Wildman–Crippen LogP) is 0.151. The summed E-state index contributed by atoms with van der Waals surface area (Å²) in [6, 6.07) is 3.73. The Morgan fingerprint density at radius 3 is 2.63 bits per heavy atom. The molecule has 0 aliphatic heterocycles. The van der Waals surface area contributed by atoms with E-state index in [-0.39, 0.29) is 11.2 Å². The van der Waals surface area contributed by atoms with Gasteiger partial charge in [-0.05, 0) is 11.4 Å². The van der Waals surface area contributed by atoms with Crippen molar-refractivity contribution in [3.05, 3.63) is 38.4 Å². The van der Waals surface area contributed by atoms with Gasteiger partial charge in [0.15, 0.2) is 17.0 Å². The highest BCUT2D eigenvalue weighted by Gasteiger charge is 2.13. The topological polar surface area (TPSA) is 82.7 Å². The van der Waals surface area contributed by atoms with E-state index in [1.165, 1.54) is 23.0 Å². The zero-order valence-electron chi connectivity index (χ0n) is 10.2. The third-order valence-corrected chi connectivity index (χ3v) is 3.67. The Balaban J connectivity index is 2.42. The van der Waals surface area contributed by atoms with Gasteiger partial charge >= 0.3 is 5.69 Å². The van der Waals surface area contributed by atoms with Gasteiger partial charge in [-0.25, -0.2) is 9.78 Å². The molecule has 0 aromatic carbocycles. The Labute approximate surface area is 110 Å². The minimum Gasteiger partial charge on any atom is -0.279 e. The summed E-state index contributed by atoms with van der Waals surface area (Å²) in [6.07, 6.45) is 0. The highest BCUT2D eigenvalue weighted by Crippen LogP contribution is 2.20. The predicted molar refractivity (Wildman–Crippen MR) is 71.1 cm³/mol. The van der Waals surface area contributed by atoms with Crippen LogP contribution in [0.4, 0.5) is 0 Å². The van der Waals surface area contributed by atoms with E-state index in [1.54, 1.807) is 7.05 Å². The monoisotopic (exact) mass is 275 g/mol. The molecule has 19 heavy (non-hydrogen) atoms. The van der Waals surface area contributed by atoms with Gasteiger partial charge in [-0.3, -0.25) is 13.9 Å². The summed E-state index contributed by atoms with van der Waals surface area (Å²) in [4.78, 5) is 28.9. The molecule has 0 N–H and O–H groups in total. The van der Waals surface area contributed by atoms with Gasteiger partial charge < -0.3 is 0 Å². The van der Waals surface area contributed by atoms with Gasteiger partial charge in [0.25, 0.3) is 5.56 Å². The van der Waals surface area contributed by atoms with Crippen LogP contribution < -0.4 is 11.2 Å². The van der Waals surface area contributed by atoms with Crippen LogP contribution >= 0.6 is 11.3 Å². The maximum atomic E-state index is 11.9. The number of hydrogen-bond acceptors (Lipinski definition) is 6. The van der Waals surface area contributed by atoms with E-state index in [9.17, 15) is 9.59 Å². The van der Waals surface area contributed by atoms with Gasteiger partial charge in [0, 0.05) is 14.1 Å². The molecular formula is C11H9N5O2S. The highest BCUT2D eigenvalue weighted by molar-refractivity contribution is 7.13. The first-order chi connectivity index (χ1) is 9.09. The lowest BCUT2D eigenvalue weighted by atomic mass is 10.4. The number of nitrogens with zero attached hydrogens (tertiary/aromatic N) is 5. The van der Waals surface area contributed by atoms with Crippen LogP contribution in [0.1, 0.15) is 0 Å². The second-order valence-corrected chi connectivity index (χ2v) is 4.94. The first-order valence-electron chi connectivity index (χ1n) is 5.44. The SMILES string of the molecule is Cn1c(=O)c2nnc(-c3cccs3)nc2n(C)c1=O. The summed E-state index contributed by atoms with van der Waals surface area (Å²) < 4.78 is 2.28. The van der Waals surface area contributed by atoms with Gasteiger partial charge in [-0.1, -0.05) is 6.07 Å². The van der Waals surface area contributed by atoms with E-state index in [1.807, 2.05) is 17.5 Å². The molecule has 3 aromatic rings. The van der Waals surface area contributed by atoms with Crippen molar-refractivity contribution < 1.29 is 0 Å². The van der Waals surface area contributed by atoms with Crippen LogP contribution in [0.15, 0.2) is 27.1 Å². The van der Waals surface area contributed by atoms with Crippen LogP contribution in [0.5, 0.6) is 0 Å². The van der Waals surface area contributed by atoms with E-state index in [2.05, 4.69) is 15.2 Å². The van der Waals surface area contributed by atoms with E-state index < -0.39 is 11.2 Å². The lowest BCUT2D eigenvalue weighted by Gasteiger charge is -2.05. The molecule has 0 atom stereocenters. The molecular weight excluding hydrogens is 266 g/mol. The van der Waals surface area contributed by atoms with Crippen LogP contribution in [-0.4, -0.2) is 24.3 Å². The highest BCUT2D eigenvalue weighted by atomic mass is 32.1. The van der Waals surface area contributed by atoms with Crippen LogP contribution in [-0.2, 0) is 14.1 Å². The quantitative estimate of drug-likeness (QED) is 0.631. The zero-order chi connectivity index (χ0) is 13.6. The molecule has 0 aliphatic rings. The fourth-order valence-electron chi connectivity index (χ4n) is 1.76. The van der Waals surface area contributed by atoms with Gasteiger partial charge in [-0.2, -0.15) is 0 Å². The summed E-state index contributed by atoms with van der Waals surface area (Å²) >= 11 is 1.47. The summed E-state index contributed by atoms with van der Waals surface area (Å²) in [5.41, 5.74) is -0.595. The summed E-state index contributed by atoms with van der Waals surface area (Å²) in [7, 11) is 2.95. The van der Waals surface area contributed by atoms with Crippen LogP contribution in [0, 0.1) is 0 Å². The molecule has 96 valence electrons. The van der Waals surface area contributed by atoms with Crippen molar-refractivity contribution in [3.8, 4) is 10.7 Å². The Bertz CT molecular complexity index is 878. The number of fused-ring (bicyclic) bond motifs is 1. The second-order valence-electron chi connectivity index (χ2n) is 3.99. The molecule has 0 saturated carbocycles. The van der Waals surface area contributed by atoms with E-state index >= 15 is 0 Å². The average molecular weight is 275 g/mol. The van der Waals surface area contributed by atoms with Gasteiger partial charge in [0.05, 0.1) is 4.88 Å². The number of rotatable bonds is 1. The van der Waals surface area contributed by atoms with Crippen molar-refractivity contribution >= 4 is 22.5 Å². The van der Waals surface area contributed by atoms with Crippen LogP contribution in [0.25, 0.3) is 21.9 Å². The number of hydrogen-bond donors (Lipinski definition) is 0. The lowest BCUT2D eigenvalue weighted by molar-refractivity contribution is 0.700. The van der Waals surface area contributed by atoms with E-state index in [4.69, 9.17) is 0 Å². The summed E-state index contributed by atoms with van der Waals surface area (Å²) in [6.45, 7) is 0. The minimum absolute atomic E-state index is 0.0879. The van der Waals surface area contributed by atoms with Crippen LogP contribution in [0.2, 0.25) is 0 Å². The van der Waals surface area contributed by atoms with Gasteiger partial charge in [-0.15, -0.1) is 21.5 Å². The van der Waals surface area contributed by atoms with Crippen molar-refractivity contribution in [1.29, 1.82) is 0 Å². The Kier molecular flexibility index (Phi) is 2.53. The lowest BCUT2D eigenvalue weighted by Crippen LogP contribution is -2.37. The van der Waals surface area contributed by atoms with Crippen molar-refractivity contribution in [2.75, 3.05) is 0 Å². The first kappa shape index (κ1) is 11.7. The molecule has 0 spiro atoms. The number of aromatic nitrogens is 5. The van der Waals surface area contributed by atoms with Crippen molar-refractivity contribution in [2.45, 2.75) is 0 Å². The third kappa shape index (κ3) is 1.68.